The third-order valence-corrected chi connectivity index (χ3v) is 6.59. The molecule has 8 nitrogen and oxygen atoms in total. The first kappa shape index (κ1) is 24.9. The van der Waals surface area contributed by atoms with Crippen LogP contribution in [0.2, 0.25) is 0 Å². The predicted octanol–water partition coefficient (Wildman–Crippen LogP) is 1.26. The molecule has 9 heteroatoms. The molecule has 4 N–H and O–H groups in total. The zero-order valence-corrected chi connectivity index (χ0v) is 18.7. The molecule has 162 valence electrons. The third kappa shape index (κ3) is 6.73. The largest absolute Gasteiger partial charge is 0.598 e. The Labute approximate surface area is 171 Å². The monoisotopic (exact) mass is 416 g/mol. The second-order valence-electron chi connectivity index (χ2n) is 8.70. The van der Waals surface area contributed by atoms with E-state index < -0.39 is 28.2 Å². The molecule has 1 heterocycles. The Morgan fingerprint density at radius 1 is 1.43 bits per heavy atom. The second kappa shape index (κ2) is 10.1. The van der Waals surface area contributed by atoms with Crippen molar-refractivity contribution in [2.75, 3.05) is 39.5 Å². The summed E-state index contributed by atoms with van der Waals surface area (Å²) in [6.07, 6.45) is 4.85. The van der Waals surface area contributed by atoms with E-state index in [1.165, 1.54) is 0 Å². The number of hydrogen-bond acceptors (Lipinski definition) is 7. The molecule has 1 unspecified atom stereocenters. The maximum absolute atomic E-state index is 12.7. The van der Waals surface area contributed by atoms with Crippen molar-refractivity contribution < 1.29 is 19.6 Å². The predicted molar refractivity (Wildman–Crippen MR) is 113 cm³/mol. The number of likely N-dealkylation sites (N-methyl/N-ethyl adjacent to an activating group) is 1. The first-order valence-corrected chi connectivity index (χ1v) is 11.0. The molecule has 0 aromatic carbocycles. The summed E-state index contributed by atoms with van der Waals surface area (Å²) in [5.74, 6) is -0.481. The number of nitrogens with one attached hydrogen (secondary N) is 2. The van der Waals surface area contributed by atoms with Gasteiger partial charge in [-0.1, -0.05) is 13.8 Å². The van der Waals surface area contributed by atoms with Crippen LogP contribution in [0.3, 0.4) is 0 Å². The molecule has 1 amide bonds. The highest BCUT2D eigenvalue weighted by Gasteiger charge is 2.36. The highest BCUT2D eigenvalue weighted by molar-refractivity contribution is 7.88. The molecule has 1 fully saturated rings. The van der Waals surface area contributed by atoms with E-state index in [1.807, 2.05) is 16.3 Å². The molecule has 0 radical (unpaired) electrons. The van der Waals surface area contributed by atoms with Gasteiger partial charge in [0, 0.05) is 48.2 Å². The highest BCUT2D eigenvalue weighted by atomic mass is 32.2. The van der Waals surface area contributed by atoms with Gasteiger partial charge in [0.25, 0.3) is 0 Å². The number of allylic oxidation sites excluding steroid dienone is 1. The molecule has 0 spiro atoms. The zero-order valence-electron chi connectivity index (χ0n) is 17.9. The van der Waals surface area contributed by atoms with E-state index in [1.54, 1.807) is 34.0 Å². The van der Waals surface area contributed by atoms with Gasteiger partial charge in [-0.2, -0.15) is 0 Å². The zero-order chi connectivity index (χ0) is 21.7. The quantitative estimate of drug-likeness (QED) is 0.255. The van der Waals surface area contributed by atoms with Gasteiger partial charge in [0.1, 0.15) is 6.26 Å². The summed E-state index contributed by atoms with van der Waals surface area (Å²) in [6.45, 7) is 8.91. The fourth-order valence-electron chi connectivity index (χ4n) is 2.92. The van der Waals surface area contributed by atoms with Crippen LogP contribution in [-0.4, -0.2) is 80.7 Å². The smallest absolute Gasteiger partial charge is 0.246 e. The van der Waals surface area contributed by atoms with E-state index in [4.69, 9.17) is 5.41 Å². The van der Waals surface area contributed by atoms with Crippen molar-refractivity contribution >= 4 is 23.0 Å². The number of aliphatic hydroxyl groups excluding tert-OH is 2. The van der Waals surface area contributed by atoms with E-state index in [0.717, 1.165) is 32.0 Å². The van der Waals surface area contributed by atoms with Crippen LogP contribution in [0.25, 0.3) is 0 Å². The maximum atomic E-state index is 12.7. The van der Waals surface area contributed by atoms with Crippen LogP contribution in [0, 0.1) is 16.7 Å². The van der Waals surface area contributed by atoms with Crippen LogP contribution in [0.4, 0.5) is 0 Å². The summed E-state index contributed by atoms with van der Waals surface area (Å²) < 4.78 is 13.7. The lowest BCUT2D eigenvalue weighted by molar-refractivity contribution is -0.131. The average Bonchev–Trinajstić information content (AvgIpc) is 2.61. The van der Waals surface area contributed by atoms with Crippen LogP contribution in [0.1, 0.15) is 40.5 Å². The van der Waals surface area contributed by atoms with Gasteiger partial charge in [-0.05, 0) is 39.7 Å². The van der Waals surface area contributed by atoms with Crippen LogP contribution in [-0.2, 0) is 16.2 Å². The molecule has 28 heavy (non-hydrogen) atoms. The SMILES string of the molecule is CN(C[C@@H]1CCCN([S+](C)[O-])C1)C(C)(C)C(=O)N/C(O)=C/C(=N)C(C)(C)CO. The summed E-state index contributed by atoms with van der Waals surface area (Å²) in [4.78, 5) is 14.6. The normalized spacial score (nSPS) is 20.9. The Kier molecular flexibility index (Phi) is 8.95. The minimum absolute atomic E-state index is 0.0221. The average molecular weight is 417 g/mol. The Morgan fingerprint density at radius 2 is 2.04 bits per heavy atom. The molecule has 0 saturated carbocycles. The van der Waals surface area contributed by atoms with E-state index in [2.05, 4.69) is 5.32 Å². The van der Waals surface area contributed by atoms with Gasteiger partial charge in [0.15, 0.2) is 5.88 Å². The molecule has 0 aliphatic carbocycles. The van der Waals surface area contributed by atoms with Crippen molar-refractivity contribution in [3.63, 3.8) is 0 Å². The Hall–Kier alpha value is -1.13. The summed E-state index contributed by atoms with van der Waals surface area (Å²) in [6, 6.07) is 0. The molecule has 0 aromatic rings. The molecule has 2 atom stereocenters. The van der Waals surface area contributed by atoms with E-state index >= 15 is 0 Å². The Balaban J connectivity index is 2.71. The summed E-state index contributed by atoms with van der Waals surface area (Å²) in [5, 5.41) is 29.7. The van der Waals surface area contributed by atoms with Gasteiger partial charge in [0.2, 0.25) is 5.91 Å². The summed E-state index contributed by atoms with van der Waals surface area (Å²) >= 11 is -0.982. The maximum Gasteiger partial charge on any atom is 0.246 e. The van der Waals surface area contributed by atoms with Crippen molar-refractivity contribution in [3.8, 4) is 0 Å². The number of nitrogens with zero attached hydrogens (tertiary/aromatic N) is 2. The highest BCUT2D eigenvalue weighted by Crippen LogP contribution is 2.23. The lowest BCUT2D eigenvalue weighted by Gasteiger charge is -2.39. The van der Waals surface area contributed by atoms with Gasteiger partial charge < -0.3 is 20.2 Å². The minimum Gasteiger partial charge on any atom is -0.598 e. The van der Waals surface area contributed by atoms with Crippen molar-refractivity contribution in [1.82, 2.24) is 14.5 Å². The number of carbonyl (C=O) groups excluding carboxylic acids is 1. The minimum atomic E-state index is -0.982. The molecular formula is C19H36N4O4S. The second-order valence-corrected chi connectivity index (χ2v) is 10.1. The number of piperidine rings is 1. The molecule has 1 aliphatic heterocycles. The van der Waals surface area contributed by atoms with Gasteiger partial charge in [-0.25, -0.2) is 0 Å². The summed E-state index contributed by atoms with van der Waals surface area (Å²) in [5.41, 5.74) is -1.67. The third-order valence-electron chi connectivity index (χ3n) is 5.53. The van der Waals surface area contributed by atoms with Gasteiger partial charge in [-0.15, -0.1) is 4.31 Å². The van der Waals surface area contributed by atoms with Crippen molar-refractivity contribution in [2.24, 2.45) is 11.3 Å². The van der Waals surface area contributed by atoms with Crippen LogP contribution in [0.5, 0.6) is 0 Å². The van der Waals surface area contributed by atoms with Crippen molar-refractivity contribution in [2.45, 2.75) is 46.1 Å². The van der Waals surface area contributed by atoms with Crippen LogP contribution >= 0.6 is 0 Å². The summed E-state index contributed by atoms with van der Waals surface area (Å²) in [7, 11) is 1.86. The number of carbonyl (C=O) groups is 1. The first-order valence-electron chi connectivity index (χ1n) is 9.53. The number of amides is 1. The standard InChI is InChI=1S/C19H36N4O4S/c1-18(2,13-24)15(20)10-16(25)21-17(26)19(3,4)22(5)11-14-8-7-9-23(12-14)28(6)27/h10,14,20,24-25H,7-9,11-13H2,1-6H3,(H,21,26)/b16-10-,20-15?/t14-,28?/m0/s1. The van der Waals surface area contributed by atoms with Crippen LogP contribution in [0.15, 0.2) is 12.0 Å². The fourth-order valence-corrected chi connectivity index (χ4v) is 3.73. The molecule has 1 aliphatic rings. The number of hydrogen-bond donors (Lipinski definition) is 4. The van der Waals surface area contributed by atoms with Gasteiger partial charge in [-0.3, -0.25) is 15.0 Å². The van der Waals surface area contributed by atoms with E-state index in [9.17, 15) is 19.6 Å². The molecule has 1 rings (SSSR count). The van der Waals surface area contributed by atoms with E-state index in [0.29, 0.717) is 12.5 Å². The molecule has 0 aromatic heterocycles. The lowest BCUT2D eigenvalue weighted by Crippen LogP contribution is -2.55. The lowest BCUT2D eigenvalue weighted by atomic mass is 9.88. The number of aliphatic hydroxyl groups is 2. The van der Waals surface area contributed by atoms with Gasteiger partial charge in [0.05, 0.1) is 12.1 Å². The fraction of sp³-hybridized carbons (Fsp3) is 0.789. The van der Waals surface area contributed by atoms with Crippen LogP contribution < -0.4 is 5.32 Å². The van der Waals surface area contributed by atoms with Crippen molar-refractivity contribution in [3.05, 3.63) is 12.0 Å². The van der Waals surface area contributed by atoms with Crippen molar-refractivity contribution in [1.29, 1.82) is 5.41 Å². The Morgan fingerprint density at radius 3 is 2.57 bits per heavy atom. The Bertz CT molecular complexity index is 592. The molecule has 1 saturated heterocycles. The molecule has 0 bridgehead atoms. The topological polar surface area (TPSA) is 123 Å². The molecular weight excluding hydrogens is 380 g/mol. The van der Waals surface area contributed by atoms with Gasteiger partial charge >= 0.3 is 0 Å². The number of rotatable bonds is 9. The van der Waals surface area contributed by atoms with E-state index in [-0.39, 0.29) is 18.2 Å². The first-order chi connectivity index (χ1) is 12.8.